The molecule has 27 bridgehead atoms. The second kappa shape index (κ2) is 16.7. The number of benzene rings is 15. The summed E-state index contributed by atoms with van der Waals surface area (Å²) in [6.45, 7) is 13.5. The van der Waals surface area contributed by atoms with Crippen LogP contribution in [0.15, 0.2) is 18.2 Å². The molecule has 0 amide bonds. The van der Waals surface area contributed by atoms with Crippen molar-refractivity contribution >= 4 is 248 Å². The largest absolute Gasteiger partial charge is 0.490 e. The number of carbonyl (C=O) groups excluding carboxylic acids is 9. The van der Waals surface area contributed by atoms with Crippen LogP contribution in [0.2, 0.25) is 0 Å². The lowest BCUT2D eigenvalue weighted by atomic mass is 9.65. The number of carbonyl (C=O) groups is 9. The Labute approximate surface area is 705 Å². The van der Waals surface area contributed by atoms with Crippen molar-refractivity contribution in [1.29, 1.82) is 0 Å². The number of esters is 9. The summed E-state index contributed by atoms with van der Waals surface area (Å²) in [4.78, 5) is 154. The van der Waals surface area contributed by atoms with Gasteiger partial charge in [-0.05, 0) is 376 Å². The zero-order valence-corrected chi connectivity index (χ0v) is 68.9. The molecule has 21 nitrogen and oxygen atoms in total. The molecule has 21 heteroatoms. The van der Waals surface area contributed by atoms with E-state index < -0.39 is 119 Å². The fourth-order valence-electron chi connectivity index (χ4n) is 35.4. The Morgan fingerprint density at radius 1 is 0.254 bits per heavy atom. The molecule has 42 rings (SSSR count). The van der Waals surface area contributed by atoms with Crippen molar-refractivity contribution in [1.82, 2.24) is 0 Å². The molecule has 3 saturated carbocycles. The first-order valence-electron chi connectivity index (χ1n) is 44.8. The van der Waals surface area contributed by atoms with Crippen LogP contribution < -0.4 is 14.2 Å². The molecule has 9 unspecified atom stereocenters. The van der Waals surface area contributed by atoms with Gasteiger partial charge in [0, 0.05) is 37.5 Å². The summed E-state index contributed by atoms with van der Waals surface area (Å²) < 4.78 is 81.3. The molecule has 6 spiro atoms. The lowest BCUT2D eigenvalue weighted by molar-refractivity contribution is -0.169. The normalized spacial score (nSPS) is 28.4. The van der Waals surface area contributed by atoms with Gasteiger partial charge in [0.25, 0.3) is 0 Å². The highest BCUT2D eigenvalue weighted by Gasteiger charge is 3.10. The standard InChI is InChI=1S/C105H60O21/c1-94(2,3)124-31(106)13-10-16-118-88(109)103-91(112)121-22-19-115-28-25-29-27-30(26-28)117-21-24-123-93(114)105(90(111)120-18-12-15-33(108)126-96(7,8)9)99-78-60-51-42-36-38-34-37-35-39(36)45-50-41(35)46-52-43(37)49-40(34)47-53(44(38)51)62(78)68-55(47)64-58(49)76-61(52)67-56(46)65-59(50)77-63-54(45)48(42)57-66(60)81(99)72-75-86-73-70(83(68)101(86,99)105)79(64)97(76,103)100(103)82(67)71-74(85(73)100)87(75)102(84(72)69(57)63)98(77,80(65)71)104(102,92(113)122-23-20-116-29)89(110)119-17-11-14-32(107)125-95(4,5)6/h25-27H,10-24H2,1-9H3. The molecule has 21 aromatic rings. The molecule has 0 saturated heterocycles. The second-order valence-corrected chi connectivity index (χ2v) is 43.1. The molecular weight excluding hydrogens is 1600 g/mol. The average molecular weight is 1660 g/mol. The van der Waals surface area contributed by atoms with E-state index >= 15 is 28.8 Å². The Hall–Kier alpha value is -13.2. The Balaban J connectivity index is 0.777. The molecule has 126 heavy (non-hydrogen) atoms. The molecule has 6 aliphatic heterocycles. The van der Waals surface area contributed by atoms with Gasteiger partial charge in [0.1, 0.15) is 73.7 Å². The molecule has 0 aromatic heterocycles. The molecule has 0 N–H and O–H groups in total. The van der Waals surface area contributed by atoms with Crippen LogP contribution >= 0.6 is 0 Å². The van der Waals surface area contributed by atoms with Gasteiger partial charge in [-0.15, -0.1) is 0 Å². The summed E-state index contributed by atoms with van der Waals surface area (Å²) in [5.74, 6) is -5.99. The van der Waals surface area contributed by atoms with Crippen molar-refractivity contribution in [2.24, 2.45) is 16.2 Å². The fraction of sp³-hybridized carbons (Fsp3) is 0.343. The van der Waals surface area contributed by atoms with Crippen LogP contribution in [0.25, 0.3) is 227 Å². The van der Waals surface area contributed by atoms with Gasteiger partial charge in [-0.2, -0.15) is 0 Å². The lowest BCUT2D eigenvalue weighted by Crippen LogP contribution is -2.40. The lowest BCUT2D eigenvalue weighted by Gasteiger charge is -2.35. The Morgan fingerprint density at radius 2 is 0.429 bits per heavy atom. The van der Waals surface area contributed by atoms with Crippen LogP contribution in [0, 0.1) is 16.2 Å². The highest BCUT2D eigenvalue weighted by molar-refractivity contribution is 6.76. The minimum absolute atomic E-state index is 0.0255. The SMILES string of the molecule is CC(C)(C)OC(=O)CCCOC(=O)C12C(=O)OCCOc3cc4cc(c3)OCCOC(=O)C3(C(=O)OCCCC(=O)OC(C)(C)C)C56c7c8c9c%10c%11c7-c7c%12c%13c%14c%15c%16c%17c(c-%10c%10c%18c%19c%20c%21c%22c(c-8c5c5c8c%23c%24c(c7C%2336)c%13c3c%14c6c%16c7c(c%18%17)c%19c%13c%21c%14c(c5%22)c8c5c%24c3c3c6c7c%13c%14c53)C%203C(C(=O)OCCCC(=O)OC(C)(C)C)(C(=O)OCCO4)C9%103)C%151C%11%122. The maximum atomic E-state index is 18.7. The summed E-state index contributed by atoms with van der Waals surface area (Å²) in [5, 5.41) is 37.3. The van der Waals surface area contributed by atoms with E-state index in [4.69, 9.17) is 56.8 Å². The molecule has 15 aliphatic carbocycles. The maximum Gasteiger partial charge on any atom is 0.326 e. The van der Waals surface area contributed by atoms with Crippen LogP contribution in [0.1, 0.15) is 168 Å². The van der Waals surface area contributed by atoms with Crippen LogP contribution in [0.5, 0.6) is 17.2 Å². The van der Waals surface area contributed by atoms with Gasteiger partial charge < -0.3 is 56.8 Å². The van der Waals surface area contributed by atoms with Crippen molar-refractivity contribution in [3.8, 4) is 50.6 Å². The molecular formula is C105H60O21. The Bertz CT molecular complexity index is 8600. The predicted molar refractivity (Wildman–Crippen MR) is 459 cm³/mol. The van der Waals surface area contributed by atoms with Crippen LogP contribution in [0.3, 0.4) is 0 Å². The molecule has 606 valence electrons. The molecule has 9 atom stereocenters. The number of hydrogen-bond donors (Lipinski definition) is 0. The molecule has 6 heterocycles. The van der Waals surface area contributed by atoms with Gasteiger partial charge in [-0.25, -0.2) is 0 Å². The van der Waals surface area contributed by atoms with Gasteiger partial charge in [0.15, 0.2) is 16.2 Å². The maximum absolute atomic E-state index is 18.7. The minimum atomic E-state index is -2.44. The van der Waals surface area contributed by atoms with Gasteiger partial charge in [0.05, 0.1) is 52.3 Å². The first-order valence-corrected chi connectivity index (χ1v) is 44.8. The second-order valence-electron chi connectivity index (χ2n) is 43.1. The van der Waals surface area contributed by atoms with E-state index in [1.165, 1.54) is 32.3 Å². The molecule has 21 aromatic carbocycles. The average Bonchev–Trinajstić information content (AvgIpc) is 1.32. The monoisotopic (exact) mass is 1660 g/mol. The van der Waals surface area contributed by atoms with E-state index in [2.05, 4.69) is 0 Å². The van der Waals surface area contributed by atoms with Gasteiger partial charge >= 0.3 is 53.7 Å². The van der Waals surface area contributed by atoms with E-state index in [-0.39, 0.29) is 115 Å². The summed E-state index contributed by atoms with van der Waals surface area (Å²) in [6, 6.07) is 4.90. The van der Waals surface area contributed by atoms with Crippen LogP contribution in [-0.2, 0) is 118 Å². The molecule has 3 fully saturated rings. The van der Waals surface area contributed by atoms with Crippen molar-refractivity contribution in [3.05, 3.63) is 85.0 Å². The summed E-state index contributed by atoms with van der Waals surface area (Å²) in [7, 11) is 0. The quantitative estimate of drug-likeness (QED) is 0.0303. The predicted octanol–water partition coefficient (Wildman–Crippen LogP) is 16.8. The third-order valence-electron chi connectivity index (χ3n) is 36.1. The van der Waals surface area contributed by atoms with E-state index in [1.54, 1.807) is 80.5 Å². The van der Waals surface area contributed by atoms with Crippen molar-refractivity contribution < 1.29 is 100.0 Å². The van der Waals surface area contributed by atoms with Crippen molar-refractivity contribution in [3.63, 3.8) is 0 Å². The number of rotatable bonds is 15. The number of ether oxygens (including phenoxy) is 12. The third-order valence-corrected chi connectivity index (χ3v) is 36.1. The van der Waals surface area contributed by atoms with E-state index in [0.29, 0.717) is 50.1 Å². The first kappa shape index (κ1) is 63.7. The highest BCUT2D eigenvalue weighted by Crippen LogP contribution is 3.07. The van der Waals surface area contributed by atoms with E-state index in [1.807, 2.05) is 0 Å². The van der Waals surface area contributed by atoms with Gasteiger partial charge in [-0.3, -0.25) is 43.2 Å². The Morgan fingerprint density at radius 3 is 0.643 bits per heavy atom. The third kappa shape index (κ3) is 4.60. The number of hydrogen-bond acceptors (Lipinski definition) is 21. The fourth-order valence-corrected chi connectivity index (χ4v) is 35.4. The summed E-state index contributed by atoms with van der Waals surface area (Å²) in [5.41, 5.74) is -7.99. The van der Waals surface area contributed by atoms with E-state index in [0.717, 1.165) is 212 Å². The van der Waals surface area contributed by atoms with E-state index in [9.17, 15) is 14.4 Å². The van der Waals surface area contributed by atoms with Crippen LogP contribution in [0.4, 0.5) is 0 Å². The Kier molecular flexibility index (Phi) is 8.44. The minimum Gasteiger partial charge on any atom is -0.490 e. The first-order chi connectivity index (χ1) is 60.8. The zero-order chi connectivity index (χ0) is 83.3. The molecule has 21 aliphatic rings. The van der Waals surface area contributed by atoms with Crippen LogP contribution in [-0.4, -0.2) is 130 Å². The van der Waals surface area contributed by atoms with Crippen molar-refractivity contribution in [2.45, 2.75) is 150 Å². The molecule has 0 radical (unpaired) electrons. The highest BCUT2D eigenvalue weighted by atomic mass is 16.6. The topological polar surface area (TPSA) is 264 Å². The van der Waals surface area contributed by atoms with Crippen molar-refractivity contribution in [2.75, 3.05) is 59.5 Å². The zero-order valence-electron chi connectivity index (χ0n) is 68.9. The summed E-state index contributed by atoms with van der Waals surface area (Å²) in [6.07, 6.45) is -0.292. The van der Waals surface area contributed by atoms with Gasteiger partial charge in [-0.1, -0.05) is 0 Å². The van der Waals surface area contributed by atoms with Gasteiger partial charge in [0.2, 0.25) is 0 Å². The summed E-state index contributed by atoms with van der Waals surface area (Å²) >= 11 is 0. The smallest absolute Gasteiger partial charge is 0.326 e.